The van der Waals surface area contributed by atoms with Crippen molar-refractivity contribution in [2.75, 3.05) is 25.2 Å². The number of fused-ring (bicyclic) bond motifs is 1. The van der Waals surface area contributed by atoms with Crippen LogP contribution >= 0.6 is 23.5 Å². The predicted molar refractivity (Wildman–Crippen MR) is 127 cm³/mol. The number of nitrogens with two attached hydrogens (primary N) is 1. The highest BCUT2D eigenvalue weighted by Gasteiger charge is 2.33. The second kappa shape index (κ2) is 8.41. The van der Waals surface area contributed by atoms with Crippen LogP contribution in [0.15, 0.2) is 64.0 Å². The van der Waals surface area contributed by atoms with Crippen LogP contribution in [0.1, 0.15) is 11.7 Å². The van der Waals surface area contributed by atoms with Crippen molar-refractivity contribution in [3.05, 3.63) is 60.2 Å². The molecule has 3 heterocycles. The van der Waals surface area contributed by atoms with Crippen molar-refractivity contribution in [2.24, 2.45) is 10.7 Å². The van der Waals surface area contributed by atoms with Gasteiger partial charge in [0.15, 0.2) is 0 Å². The van der Waals surface area contributed by atoms with Crippen LogP contribution in [-0.2, 0) is 0 Å². The molecule has 2 aliphatic heterocycles. The van der Waals surface area contributed by atoms with Crippen LogP contribution in [0.4, 0.5) is 5.88 Å². The molecule has 1 saturated heterocycles. The Morgan fingerprint density at radius 2 is 1.80 bits per heavy atom. The summed E-state index contributed by atoms with van der Waals surface area (Å²) in [6, 6.07) is 18.2. The van der Waals surface area contributed by atoms with E-state index < -0.39 is 0 Å². The Labute approximate surface area is 184 Å². The average Bonchev–Trinajstić information content (AvgIpc) is 3.44. The summed E-state index contributed by atoms with van der Waals surface area (Å²) in [5, 5.41) is 0. The number of nitrogens with zero attached hydrogens (tertiary/aromatic N) is 2. The molecule has 5 nitrogen and oxygen atoms in total. The standard InChI is InChI=1S/C23H23N3O2S2/c1-27-17-9-7-16(8-10-17)21-19(15-5-3-2-4-6-15)20-22(24)26(14-25-23(20)28-21)13-18-29-11-12-30-18/h2-10,14,18,22H,11-13,24H2,1H3. The van der Waals surface area contributed by atoms with Crippen LogP contribution < -0.4 is 10.5 Å². The summed E-state index contributed by atoms with van der Waals surface area (Å²) < 4.78 is 12.1. The molecule has 0 amide bonds. The number of ether oxygens (including phenoxy) is 1. The summed E-state index contributed by atoms with van der Waals surface area (Å²) in [7, 11) is 1.67. The highest BCUT2D eigenvalue weighted by molar-refractivity contribution is 8.20. The molecule has 0 spiro atoms. The fraction of sp³-hybridized carbons (Fsp3) is 0.261. The Bertz CT molecular complexity index is 1040. The summed E-state index contributed by atoms with van der Waals surface area (Å²) in [4.78, 5) is 6.78. The molecule has 7 heteroatoms. The summed E-state index contributed by atoms with van der Waals surface area (Å²) in [6.07, 6.45) is 1.54. The molecule has 154 valence electrons. The quantitative estimate of drug-likeness (QED) is 0.580. The summed E-state index contributed by atoms with van der Waals surface area (Å²) in [5.74, 6) is 4.58. The Balaban J connectivity index is 1.59. The van der Waals surface area contributed by atoms with Gasteiger partial charge in [-0.15, -0.1) is 23.5 Å². The Morgan fingerprint density at radius 1 is 1.07 bits per heavy atom. The van der Waals surface area contributed by atoms with Gasteiger partial charge in [-0.1, -0.05) is 30.3 Å². The van der Waals surface area contributed by atoms with E-state index in [4.69, 9.17) is 14.9 Å². The fourth-order valence-corrected chi connectivity index (χ4v) is 6.66. The summed E-state index contributed by atoms with van der Waals surface area (Å²) >= 11 is 3.99. The lowest BCUT2D eigenvalue weighted by atomic mass is 9.96. The van der Waals surface area contributed by atoms with Crippen molar-refractivity contribution < 1.29 is 9.15 Å². The predicted octanol–water partition coefficient (Wildman–Crippen LogP) is 5.36. The molecule has 1 aromatic heterocycles. The maximum absolute atomic E-state index is 6.78. The van der Waals surface area contributed by atoms with Gasteiger partial charge in [-0.05, 0) is 29.8 Å². The molecule has 3 aromatic rings. The molecular weight excluding hydrogens is 414 g/mol. The topological polar surface area (TPSA) is 64.0 Å². The zero-order valence-electron chi connectivity index (χ0n) is 16.7. The van der Waals surface area contributed by atoms with Crippen molar-refractivity contribution in [1.29, 1.82) is 0 Å². The molecule has 2 aliphatic rings. The van der Waals surface area contributed by atoms with Crippen LogP contribution in [0, 0.1) is 0 Å². The second-order valence-electron chi connectivity index (χ2n) is 7.18. The molecule has 1 unspecified atom stereocenters. The maximum atomic E-state index is 6.78. The zero-order valence-corrected chi connectivity index (χ0v) is 18.3. The van der Waals surface area contributed by atoms with Crippen LogP contribution in [0.2, 0.25) is 0 Å². The van der Waals surface area contributed by atoms with Crippen molar-refractivity contribution in [2.45, 2.75) is 10.7 Å². The van der Waals surface area contributed by atoms with E-state index in [-0.39, 0.29) is 6.17 Å². The Kier molecular flexibility index (Phi) is 5.50. The molecule has 1 atom stereocenters. The van der Waals surface area contributed by atoms with Gasteiger partial charge in [0.1, 0.15) is 17.7 Å². The lowest BCUT2D eigenvalue weighted by molar-refractivity contribution is 0.339. The van der Waals surface area contributed by atoms with Gasteiger partial charge in [-0.3, -0.25) is 0 Å². The molecule has 1 fully saturated rings. The molecule has 5 rings (SSSR count). The number of methoxy groups -OCH3 is 1. The van der Waals surface area contributed by atoms with Crippen LogP contribution in [0.3, 0.4) is 0 Å². The summed E-state index contributed by atoms with van der Waals surface area (Å²) in [6.45, 7) is 0.872. The number of benzene rings is 2. The number of furan rings is 1. The molecule has 2 N–H and O–H groups in total. The number of thioether (sulfide) groups is 2. The fourth-order valence-electron chi connectivity index (χ4n) is 3.85. The normalized spacial score (nSPS) is 18.6. The largest absolute Gasteiger partial charge is 0.497 e. The van der Waals surface area contributed by atoms with Gasteiger partial charge in [0, 0.05) is 29.2 Å². The van der Waals surface area contributed by atoms with E-state index in [0.29, 0.717) is 10.5 Å². The van der Waals surface area contributed by atoms with Gasteiger partial charge in [0.25, 0.3) is 0 Å². The van der Waals surface area contributed by atoms with E-state index in [2.05, 4.69) is 22.0 Å². The van der Waals surface area contributed by atoms with Gasteiger partial charge in [-0.25, -0.2) is 4.99 Å². The van der Waals surface area contributed by atoms with Crippen LogP contribution in [-0.4, -0.2) is 41.0 Å². The molecule has 0 aliphatic carbocycles. The molecule has 30 heavy (non-hydrogen) atoms. The molecule has 0 bridgehead atoms. The van der Waals surface area contributed by atoms with Gasteiger partial charge in [-0.2, -0.15) is 0 Å². The van der Waals surface area contributed by atoms with Gasteiger partial charge >= 0.3 is 0 Å². The first-order chi connectivity index (χ1) is 14.7. The minimum absolute atomic E-state index is 0.301. The Hall–Kier alpha value is -2.35. The number of rotatable bonds is 5. The number of hydrogen-bond acceptors (Lipinski definition) is 7. The lowest BCUT2D eigenvalue weighted by Gasteiger charge is -2.31. The van der Waals surface area contributed by atoms with E-state index in [0.717, 1.165) is 40.3 Å². The van der Waals surface area contributed by atoms with Crippen molar-refractivity contribution >= 4 is 35.7 Å². The van der Waals surface area contributed by atoms with E-state index in [1.165, 1.54) is 11.5 Å². The Morgan fingerprint density at radius 3 is 2.50 bits per heavy atom. The second-order valence-corrected chi connectivity index (χ2v) is 10.1. The molecule has 0 saturated carbocycles. The molecular formula is C23H23N3O2S2. The zero-order chi connectivity index (χ0) is 20.5. The van der Waals surface area contributed by atoms with Crippen molar-refractivity contribution in [1.82, 2.24) is 4.90 Å². The first kappa shape index (κ1) is 19.6. The minimum Gasteiger partial charge on any atom is -0.497 e. The van der Waals surface area contributed by atoms with Gasteiger partial charge in [0.05, 0.1) is 23.6 Å². The highest BCUT2D eigenvalue weighted by atomic mass is 32.2. The SMILES string of the molecule is COc1ccc(-c2oc3c(c2-c2ccccc2)C(N)N(CC2SCCS2)C=N3)cc1. The molecule has 2 aromatic carbocycles. The van der Waals surface area contributed by atoms with Gasteiger partial charge < -0.3 is 19.8 Å². The monoisotopic (exact) mass is 437 g/mol. The third-order valence-electron chi connectivity index (χ3n) is 5.37. The van der Waals surface area contributed by atoms with Crippen LogP contribution in [0.25, 0.3) is 22.5 Å². The first-order valence-electron chi connectivity index (χ1n) is 9.90. The highest BCUT2D eigenvalue weighted by Crippen LogP contribution is 2.47. The van der Waals surface area contributed by atoms with Crippen molar-refractivity contribution in [3.63, 3.8) is 0 Å². The summed E-state index contributed by atoms with van der Waals surface area (Å²) in [5.41, 5.74) is 10.8. The van der Waals surface area contributed by atoms with Crippen LogP contribution in [0.5, 0.6) is 5.75 Å². The number of hydrogen-bond donors (Lipinski definition) is 1. The van der Waals surface area contributed by atoms with E-state index in [1.54, 1.807) is 7.11 Å². The first-order valence-corrected chi connectivity index (χ1v) is 12.0. The van der Waals surface area contributed by atoms with Gasteiger partial charge in [0.2, 0.25) is 5.88 Å². The number of aliphatic imine (C=N–C) groups is 1. The average molecular weight is 438 g/mol. The third kappa shape index (κ3) is 3.62. The van der Waals surface area contributed by atoms with E-state index >= 15 is 0 Å². The van der Waals surface area contributed by atoms with Crippen molar-refractivity contribution in [3.8, 4) is 28.2 Å². The van der Waals surface area contributed by atoms with E-state index in [1.807, 2.05) is 72.3 Å². The lowest BCUT2D eigenvalue weighted by Crippen LogP contribution is -2.38. The smallest absolute Gasteiger partial charge is 0.228 e. The minimum atomic E-state index is -0.301. The third-order valence-corrected chi connectivity index (χ3v) is 8.36. The van der Waals surface area contributed by atoms with E-state index in [9.17, 15) is 0 Å². The molecule has 0 radical (unpaired) electrons. The maximum Gasteiger partial charge on any atom is 0.228 e.